The highest BCUT2D eigenvalue weighted by molar-refractivity contribution is 6.31. The number of nitrogens with zero attached hydrogens (tertiary/aromatic N) is 1. The summed E-state index contributed by atoms with van der Waals surface area (Å²) in [4.78, 5) is 25.7. The number of methoxy groups -OCH3 is 1. The molecule has 37 heavy (non-hydrogen) atoms. The molecule has 6 rings (SSSR count). The molecule has 3 atom stereocenters. The van der Waals surface area contributed by atoms with E-state index in [1.165, 1.54) is 13.2 Å². The number of carbonyl (C=O) groups is 2. The third kappa shape index (κ3) is 3.70. The predicted molar refractivity (Wildman–Crippen MR) is 139 cm³/mol. The quantitative estimate of drug-likeness (QED) is 0.305. The largest absolute Gasteiger partial charge is 0.465 e. The van der Waals surface area contributed by atoms with Crippen LogP contribution in [0.5, 0.6) is 0 Å². The van der Waals surface area contributed by atoms with Crippen LogP contribution in [0.15, 0.2) is 54.6 Å². The van der Waals surface area contributed by atoms with Crippen LogP contribution in [0.25, 0.3) is 10.9 Å². The van der Waals surface area contributed by atoms with Gasteiger partial charge in [0.1, 0.15) is 11.4 Å². The summed E-state index contributed by atoms with van der Waals surface area (Å²) < 4.78 is 20.2. The number of nitrogens with one attached hydrogen (secondary N) is 3. The van der Waals surface area contributed by atoms with Crippen LogP contribution in [0.2, 0.25) is 10.0 Å². The molecule has 188 valence electrons. The van der Waals surface area contributed by atoms with Crippen LogP contribution in [0.4, 0.5) is 10.1 Å². The summed E-state index contributed by atoms with van der Waals surface area (Å²) in [5.41, 5.74) is 2.34. The Balaban J connectivity index is 1.43. The smallest absolute Gasteiger partial charge is 0.337 e. The van der Waals surface area contributed by atoms with E-state index in [9.17, 15) is 9.59 Å². The maximum absolute atomic E-state index is 15.4. The Morgan fingerprint density at radius 1 is 1.19 bits per heavy atom. The van der Waals surface area contributed by atoms with Crippen LogP contribution < -0.4 is 10.6 Å². The van der Waals surface area contributed by atoms with Gasteiger partial charge in [0.05, 0.1) is 23.2 Å². The molecule has 2 aliphatic rings. The van der Waals surface area contributed by atoms with Gasteiger partial charge in [-0.2, -0.15) is 5.10 Å². The summed E-state index contributed by atoms with van der Waals surface area (Å²) in [7, 11) is 1.33. The third-order valence-electron chi connectivity index (χ3n) is 7.35. The predicted octanol–water partition coefficient (Wildman–Crippen LogP) is 5.33. The lowest BCUT2D eigenvalue weighted by Crippen LogP contribution is -2.49. The van der Waals surface area contributed by atoms with Crippen molar-refractivity contribution < 1.29 is 18.7 Å². The van der Waals surface area contributed by atoms with E-state index in [0.29, 0.717) is 45.8 Å². The Hall–Kier alpha value is -3.46. The van der Waals surface area contributed by atoms with Crippen molar-refractivity contribution in [2.24, 2.45) is 0 Å². The van der Waals surface area contributed by atoms with Crippen LogP contribution in [0.1, 0.15) is 39.5 Å². The first-order chi connectivity index (χ1) is 17.8. The van der Waals surface area contributed by atoms with Crippen LogP contribution in [-0.4, -0.2) is 35.2 Å². The van der Waals surface area contributed by atoms with Crippen molar-refractivity contribution >= 4 is 51.7 Å². The molecule has 0 aliphatic carbocycles. The van der Waals surface area contributed by atoms with Gasteiger partial charge in [0, 0.05) is 45.7 Å². The summed E-state index contributed by atoms with van der Waals surface area (Å²) in [6.07, 6.45) is 0.904. The zero-order valence-corrected chi connectivity index (χ0v) is 21.1. The zero-order valence-electron chi connectivity index (χ0n) is 19.6. The second-order valence-corrected chi connectivity index (χ2v) is 10.2. The molecule has 7 nitrogen and oxygen atoms in total. The van der Waals surface area contributed by atoms with E-state index in [-0.39, 0.29) is 17.0 Å². The number of halogens is 3. The summed E-state index contributed by atoms with van der Waals surface area (Å²) >= 11 is 12.3. The lowest BCUT2D eigenvalue weighted by atomic mass is 9.76. The van der Waals surface area contributed by atoms with E-state index in [2.05, 4.69) is 20.8 Å². The molecule has 0 bridgehead atoms. The zero-order chi connectivity index (χ0) is 25.9. The number of rotatable bonds is 4. The van der Waals surface area contributed by atoms with E-state index in [0.717, 1.165) is 11.1 Å². The van der Waals surface area contributed by atoms with Gasteiger partial charge in [0.25, 0.3) is 0 Å². The second-order valence-electron chi connectivity index (χ2n) is 9.35. The highest BCUT2D eigenvalue weighted by Gasteiger charge is 2.58. The van der Waals surface area contributed by atoms with Gasteiger partial charge in [-0.3, -0.25) is 15.2 Å². The first-order valence-corrected chi connectivity index (χ1v) is 12.5. The Morgan fingerprint density at radius 2 is 2.03 bits per heavy atom. The number of amides is 1. The van der Waals surface area contributed by atoms with Gasteiger partial charge < -0.3 is 10.1 Å². The van der Waals surface area contributed by atoms with E-state index in [1.54, 1.807) is 48.5 Å². The number of esters is 1. The van der Waals surface area contributed by atoms with Gasteiger partial charge in [-0.25, -0.2) is 9.18 Å². The van der Waals surface area contributed by atoms with Crippen LogP contribution in [0, 0.1) is 5.82 Å². The van der Waals surface area contributed by atoms with Crippen LogP contribution >= 0.6 is 23.2 Å². The number of H-pyrrole nitrogens is 1. The fourth-order valence-corrected chi connectivity index (χ4v) is 6.09. The van der Waals surface area contributed by atoms with Crippen molar-refractivity contribution in [2.45, 2.75) is 30.3 Å². The van der Waals surface area contributed by atoms with Crippen molar-refractivity contribution in [3.63, 3.8) is 0 Å². The lowest BCUT2D eigenvalue weighted by molar-refractivity contribution is -0.122. The van der Waals surface area contributed by atoms with Gasteiger partial charge in [-0.05, 0) is 48.4 Å². The molecule has 1 unspecified atom stereocenters. The summed E-state index contributed by atoms with van der Waals surface area (Å²) in [6, 6.07) is 15.0. The Morgan fingerprint density at radius 3 is 2.84 bits per heavy atom. The minimum absolute atomic E-state index is 0.000682. The maximum Gasteiger partial charge on any atom is 0.337 e. The normalized spacial score (nSPS) is 22.4. The van der Waals surface area contributed by atoms with Crippen molar-refractivity contribution in [3.8, 4) is 0 Å². The van der Waals surface area contributed by atoms with Crippen molar-refractivity contribution in [2.75, 3.05) is 12.4 Å². The van der Waals surface area contributed by atoms with Crippen molar-refractivity contribution in [1.82, 2.24) is 15.5 Å². The molecule has 1 amide bonds. The van der Waals surface area contributed by atoms with Gasteiger partial charge >= 0.3 is 5.97 Å². The number of benzene rings is 3. The average molecular weight is 539 g/mol. The maximum atomic E-state index is 15.4. The van der Waals surface area contributed by atoms with Gasteiger partial charge in [0.15, 0.2) is 0 Å². The van der Waals surface area contributed by atoms with E-state index in [4.69, 9.17) is 27.9 Å². The number of fused-ring (bicyclic) bond motifs is 3. The Kier molecular flexibility index (Phi) is 5.71. The third-order valence-corrected chi connectivity index (χ3v) is 7.88. The fraction of sp³-hybridized carbons (Fsp3) is 0.222. The topological polar surface area (TPSA) is 96.1 Å². The summed E-state index contributed by atoms with van der Waals surface area (Å²) in [5, 5.41) is 15.2. The van der Waals surface area contributed by atoms with E-state index < -0.39 is 23.2 Å². The minimum atomic E-state index is -1.22. The Labute approximate surface area is 221 Å². The molecule has 3 heterocycles. The number of aromatic nitrogens is 2. The van der Waals surface area contributed by atoms with E-state index >= 15 is 4.39 Å². The molecule has 3 aromatic carbocycles. The van der Waals surface area contributed by atoms with Crippen molar-refractivity contribution in [1.29, 1.82) is 0 Å². The highest BCUT2D eigenvalue weighted by atomic mass is 35.5. The highest BCUT2D eigenvalue weighted by Crippen LogP contribution is 2.53. The number of anilines is 1. The number of hydrogen-bond acceptors (Lipinski definition) is 5. The number of hydrogen-bond donors (Lipinski definition) is 3. The van der Waals surface area contributed by atoms with Gasteiger partial charge in [-0.15, -0.1) is 0 Å². The Bertz CT molecular complexity index is 1590. The monoisotopic (exact) mass is 538 g/mol. The molecular formula is C27H21Cl2FN4O3. The van der Waals surface area contributed by atoms with Crippen LogP contribution in [-0.2, 0) is 21.5 Å². The first-order valence-electron chi connectivity index (χ1n) is 11.7. The number of aromatic amines is 1. The standard InChI is InChI=1S/C27H21Cl2FN4O3/c1-37-25(35)13-5-8-21-17(9-13)22(34-33-21)12-15-11-19(16-3-2-4-20(29)24(16)30)27(32-15)18-7-6-14(28)10-23(18)31-26(27)36/h2-10,15,19,32H,11-12H2,1H3,(H,31,36)(H,33,34)/t15-,19?,27-/m1/s1. The van der Waals surface area contributed by atoms with Gasteiger partial charge in [-0.1, -0.05) is 41.4 Å². The number of carbonyl (C=O) groups excluding carboxylic acids is 2. The van der Waals surface area contributed by atoms with Crippen LogP contribution in [0.3, 0.4) is 0 Å². The molecule has 2 aliphatic heterocycles. The SMILES string of the molecule is COC(=O)c1ccc2n[nH]c(C[C@H]3CC(c4cccc(Cl)c4F)[C@@]4(N3)C(=O)Nc3cc(Cl)ccc34)c2c1. The molecule has 10 heteroatoms. The summed E-state index contributed by atoms with van der Waals surface area (Å²) in [5.74, 6) is -1.81. The molecule has 0 radical (unpaired) electrons. The molecule has 1 aromatic heterocycles. The lowest BCUT2D eigenvalue weighted by Gasteiger charge is -2.30. The fourth-order valence-electron chi connectivity index (χ4n) is 5.73. The number of ether oxygens (including phenoxy) is 1. The first kappa shape index (κ1) is 23.9. The molecular weight excluding hydrogens is 518 g/mol. The minimum Gasteiger partial charge on any atom is -0.465 e. The molecule has 1 saturated heterocycles. The molecule has 0 saturated carbocycles. The van der Waals surface area contributed by atoms with E-state index in [1.807, 2.05) is 0 Å². The molecule has 4 aromatic rings. The molecule has 1 fully saturated rings. The second kappa shape index (κ2) is 8.83. The van der Waals surface area contributed by atoms with Gasteiger partial charge in [0.2, 0.25) is 5.91 Å². The molecule has 3 N–H and O–H groups in total. The average Bonchev–Trinajstić information content (AvgIpc) is 3.54. The summed E-state index contributed by atoms with van der Waals surface area (Å²) in [6.45, 7) is 0. The molecule has 1 spiro atoms. The van der Waals surface area contributed by atoms with Crippen molar-refractivity contribution in [3.05, 3.63) is 92.8 Å².